The third kappa shape index (κ3) is 3.32. The predicted octanol–water partition coefficient (Wildman–Crippen LogP) is 0.488. The fraction of sp³-hybridized carbons (Fsp3) is 0.846. The maximum Gasteiger partial charge on any atom is 0.240 e. The zero-order valence-corrected chi connectivity index (χ0v) is 11.8. The highest BCUT2D eigenvalue weighted by Crippen LogP contribution is 2.27. The minimum atomic E-state index is 0.250. The van der Waals surface area contributed by atoms with Crippen LogP contribution in [0.3, 0.4) is 0 Å². The molecule has 1 saturated carbocycles. The van der Waals surface area contributed by atoms with Crippen molar-refractivity contribution < 1.29 is 4.52 Å². The fourth-order valence-electron chi connectivity index (χ4n) is 2.47. The molecule has 1 N–H and O–H groups in total. The van der Waals surface area contributed by atoms with Crippen LogP contribution in [0.15, 0.2) is 4.52 Å². The van der Waals surface area contributed by atoms with Crippen LogP contribution < -0.4 is 5.32 Å². The Bertz CT molecular complexity index is 417. The van der Waals surface area contributed by atoms with Gasteiger partial charge in [0.1, 0.15) is 0 Å². The van der Waals surface area contributed by atoms with E-state index in [1.165, 1.54) is 12.8 Å². The normalized spacial score (nSPS) is 25.9. The van der Waals surface area contributed by atoms with Crippen LogP contribution >= 0.6 is 0 Å². The van der Waals surface area contributed by atoms with Crippen molar-refractivity contribution in [2.24, 2.45) is 5.92 Å². The van der Waals surface area contributed by atoms with Gasteiger partial charge in [0.05, 0.1) is 12.6 Å². The summed E-state index contributed by atoms with van der Waals surface area (Å²) in [4.78, 5) is 9.14. The average molecular weight is 265 g/mol. The van der Waals surface area contributed by atoms with Gasteiger partial charge >= 0.3 is 0 Å². The summed E-state index contributed by atoms with van der Waals surface area (Å²) in [5.74, 6) is 2.40. The van der Waals surface area contributed by atoms with Gasteiger partial charge in [-0.05, 0) is 39.4 Å². The lowest BCUT2D eigenvalue weighted by Crippen LogP contribution is -2.45. The molecule has 0 aromatic carbocycles. The minimum absolute atomic E-state index is 0.250. The zero-order chi connectivity index (χ0) is 13.2. The smallest absolute Gasteiger partial charge is 0.240 e. The predicted molar refractivity (Wildman–Crippen MR) is 71.6 cm³/mol. The van der Waals surface area contributed by atoms with E-state index in [1.807, 2.05) is 0 Å². The van der Waals surface area contributed by atoms with Gasteiger partial charge in [0.25, 0.3) is 0 Å². The Labute approximate surface area is 114 Å². The van der Waals surface area contributed by atoms with Gasteiger partial charge < -0.3 is 14.7 Å². The van der Waals surface area contributed by atoms with Gasteiger partial charge in [0.2, 0.25) is 5.89 Å². The molecule has 2 aliphatic rings. The van der Waals surface area contributed by atoms with E-state index in [4.69, 9.17) is 4.52 Å². The first kappa shape index (κ1) is 13.0. The molecular formula is C13H23N5O. The highest BCUT2D eigenvalue weighted by Gasteiger charge is 2.28. The number of rotatable bonds is 5. The highest BCUT2D eigenvalue weighted by atomic mass is 16.5. The van der Waals surface area contributed by atoms with Crippen molar-refractivity contribution in [2.45, 2.75) is 25.4 Å². The molecule has 1 aliphatic carbocycles. The Kier molecular flexibility index (Phi) is 3.81. The van der Waals surface area contributed by atoms with Gasteiger partial charge in [-0.1, -0.05) is 5.16 Å². The van der Waals surface area contributed by atoms with Crippen molar-refractivity contribution in [2.75, 3.05) is 40.3 Å². The average Bonchev–Trinajstić information content (AvgIpc) is 3.10. The second-order valence-corrected chi connectivity index (χ2v) is 5.88. The van der Waals surface area contributed by atoms with Crippen LogP contribution in [0.5, 0.6) is 0 Å². The lowest BCUT2D eigenvalue weighted by atomic mass is 10.2. The first-order valence-electron chi connectivity index (χ1n) is 7.14. The van der Waals surface area contributed by atoms with E-state index < -0.39 is 0 Å². The number of nitrogens with zero attached hydrogens (tertiary/aromatic N) is 4. The van der Waals surface area contributed by atoms with Crippen LogP contribution in [-0.2, 0) is 6.54 Å². The van der Waals surface area contributed by atoms with Gasteiger partial charge in [-0.2, -0.15) is 4.98 Å². The molecule has 6 heteroatoms. The quantitative estimate of drug-likeness (QED) is 0.836. The van der Waals surface area contributed by atoms with Crippen LogP contribution in [0, 0.1) is 5.92 Å². The van der Waals surface area contributed by atoms with Crippen molar-refractivity contribution in [3.8, 4) is 0 Å². The second kappa shape index (κ2) is 5.56. The fourth-order valence-corrected chi connectivity index (χ4v) is 2.47. The Morgan fingerprint density at radius 2 is 2.16 bits per heavy atom. The monoisotopic (exact) mass is 265 g/mol. The molecule has 3 rings (SSSR count). The van der Waals surface area contributed by atoms with Crippen LogP contribution in [0.4, 0.5) is 0 Å². The third-order valence-corrected chi connectivity index (χ3v) is 4.04. The molecular weight excluding hydrogens is 242 g/mol. The summed E-state index contributed by atoms with van der Waals surface area (Å²) >= 11 is 0. The number of hydrogen-bond acceptors (Lipinski definition) is 6. The molecule has 1 aromatic rings. The lowest BCUT2D eigenvalue weighted by molar-refractivity contribution is 0.108. The van der Waals surface area contributed by atoms with E-state index in [1.54, 1.807) is 0 Å². The molecule has 1 atom stereocenters. The van der Waals surface area contributed by atoms with Crippen molar-refractivity contribution in [1.82, 2.24) is 25.3 Å². The summed E-state index contributed by atoms with van der Waals surface area (Å²) in [6.07, 6.45) is 2.72. The van der Waals surface area contributed by atoms with Crippen molar-refractivity contribution in [3.05, 3.63) is 11.7 Å². The third-order valence-electron chi connectivity index (χ3n) is 4.04. The first-order chi connectivity index (χ1) is 9.22. The second-order valence-electron chi connectivity index (χ2n) is 5.88. The minimum Gasteiger partial charge on any atom is -0.338 e. The summed E-state index contributed by atoms with van der Waals surface area (Å²) in [6, 6.07) is 0.250. The number of likely N-dealkylation sites (N-methyl/N-ethyl adjacent to an activating group) is 2. The van der Waals surface area contributed by atoms with Gasteiger partial charge in [0.15, 0.2) is 5.82 Å². The van der Waals surface area contributed by atoms with Crippen LogP contribution in [0.1, 0.15) is 30.6 Å². The molecule has 2 fully saturated rings. The van der Waals surface area contributed by atoms with Crippen molar-refractivity contribution in [3.63, 3.8) is 0 Å². The summed E-state index contributed by atoms with van der Waals surface area (Å²) in [7, 11) is 4.26. The molecule has 106 valence electrons. The molecule has 1 aromatic heterocycles. The van der Waals surface area contributed by atoms with E-state index in [0.717, 1.165) is 37.9 Å². The molecule has 6 nitrogen and oxygen atoms in total. The summed E-state index contributed by atoms with van der Waals surface area (Å²) in [5, 5.41) is 7.52. The highest BCUT2D eigenvalue weighted by molar-refractivity contribution is 4.98. The molecule has 0 spiro atoms. The van der Waals surface area contributed by atoms with Gasteiger partial charge in [0, 0.05) is 19.6 Å². The van der Waals surface area contributed by atoms with E-state index in [0.29, 0.717) is 12.4 Å². The molecule has 0 bridgehead atoms. The summed E-state index contributed by atoms with van der Waals surface area (Å²) < 4.78 is 5.33. The van der Waals surface area contributed by atoms with Crippen LogP contribution in [0.25, 0.3) is 0 Å². The number of piperazine rings is 1. The van der Waals surface area contributed by atoms with E-state index in [-0.39, 0.29) is 6.04 Å². The van der Waals surface area contributed by atoms with Crippen LogP contribution in [-0.4, -0.2) is 60.2 Å². The zero-order valence-electron chi connectivity index (χ0n) is 11.8. The van der Waals surface area contributed by atoms with E-state index >= 15 is 0 Å². The molecule has 2 heterocycles. The van der Waals surface area contributed by atoms with E-state index in [2.05, 4.69) is 39.4 Å². The van der Waals surface area contributed by atoms with Crippen LogP contribution in [0.2, 0.25) is 0 Å². The first-order valence-corrected chi connectivity index (χ1v) is 7.14. The Balaban J connectivity index is 1.56. The van der Waals surface area contributed by atoms with Gasteiger partial charge in [-0.3, -0.25) is 4.90 Å². The largest absolute Gasteiger partial charge is 0.338 e. The Hall–Kier alpha value is -0.980. The van der Waals surface area contributed by atoms with Gasteiger partial charge in [-0.15, -0.1) is 0 Å². The SMILES string of the molecule is CN1CCN(C)C(c2noc(CNCC3CC3)n2)C1. The molecule has 1 aliphatic heterocycles. The topological polar surface area (TPSA) is 57.4 Å². The lowest BCUT2D eigenvalue weighted by Gasteiger charge is -2.35. The number of aromatic nitrogens is 2. The standard InChI is InChI=1S/C13H23N5O/c1-17-5-6-18(2)11(9-17)13-15-12(19-16-13)8-14-7-10-3-4-10/h10-11,14H,3-9H2,1-2H3. The molecule has 1 saturated heterocycles. The van der Waals surface area contributed by atoms with E-state index in [9.17, 15) is 0 Å². The summed E-state index contributed by atoms with van der Waals surface area (Å²) in [6.45, 7) is 4.87. The Morgan fingerprint density at radius 3 is 2.95 bits per heavy atom. The van der Waals surface area contributed by atoms with Crippen molar-refractivity contribution >= 4 is 0 Å². The number of nitrogens with one attached hydrogen (secondary N) is 1. The molecule has 1 unspecified atom stereocenters. The molecule has 0 radical (unpaired) electrons. The number of hydrogen-bond donors (Lipinski definition) is 1. The Morgan fingerprint density at radius 1 is 1.32 bits per heavy atom. The maximum absolute atomic E-state index is 5.33. The molecule has 19 heavy (non-hydrogen) atoms. The van der Waals surface area contributed by atoms with Crippen molar-refractivity contribution in [1.29, 1.82) is 0 Å². The van der Waals surface area contributed by atoms with Gasteiger partial charge in [-0.25, -0.2) is 0 Å². The molecule has 0 amide bonds. The summed E-state index contributed by atoms with van der Waals surface area (Å²) in [5.41, 5.74) is 0. The maximum atomic E-state index is 5.33.